The third-order valence-corrected chi connectivity index (χ3v) is 4.52. The quantitative estimate of drug-likeness (QED) is 0.719. The molecule has 0 aromatic heterocycles. The van der Waals surface area contributed by atoms with Gasteiger partial charge in [-0.15, -0.1) is 11.8 Å². The molecule has 4 nitrogen and oxygen atoms in total. The third kappa shape index (κ3) is 7.64. The molecule has 0 aliphatic rings. The van der Waals surface area contributed by atoms with Crippen molar-refractivity contribution >= 4 is 47.0 Å². The van der Waals surface area contributed by atoms with Crippen molar-refractivity contribution in [3.05, 3.63) is 34.9 Å². The number of carboxylic acid groups (broad SMARTS) is 1. The number of carboxylic acids is 1. The van der Waals surface area contributed by atoms with Crippen molar-refractivity contribution in [1.82, 2.24) is 5.32 Å². The first-order valence-electron chi connectivity index (χ1n) is 6.36. The molecular formula is C14H18ClNO3S2. The Bertz CT molecular complexity index is 485. The van der Waals surface area contributed by atoms with Crippen molar-refractivity contribution in [3.8, 4) is 0 Å². The Morgan fingerprint density at radius 2 is 2.19 bits per heavy atom. The van der Waals surface area contributed by atoms with Crippen molar-refractivity contribution in [2.45, 2.75) is 18.2 Å². The fourth-order valence-corrected chi connectivity index (χ4v) is 3.09. The van der Waals surface area contributed by atoms with Gasteiger partial charge in [0.05, 0.1) is 5.75 Å². The fourth-order valence-electron chi connectivity index (χ4n) is 1.62. The highest BCUT2D eigenvalue weighted by Gasteiger charge is 2.19. The molecule has 116 valence electrons. The minimum absolute atomic E-state index is 0.232. The number of rotatable bonds is 9. The van der Waals surface area contributed by atoms with Gasteiger partial charge in [-0.05, 0) is 36.1 Å². The van der Waals surface area contributed by atoms with E-state index in [0.717, 1.165) is 5.56 Å². The van der Waals surface area contributed by atoms with Crippen LogP contribution in [0.25, 0.3) is 0 Å². The van der Waals surface area contributed by atoms with Gasteiger partial charge in [-0.2, -0.15) is 11.8 Å². The number of amides is 1. The number of benzene rings is 1. The zero-order valence-electron chi connectivity index (χ0n) is 11.7. The number of hydrogen-bond donors (Lipinski definition) is 2. The molecule has 7 heteroatoms. The normalized spacial score (nSPS) is 11.9. The SMILES string of the molecule is CSCC[C@@H](NC(=O)CSCc1cccc(Cl)c1)C(=O)O. The summed E-state index contributed by atoms with van der Waals surface area (Å²) >= 11 is 8.87. The number of nitrogens with one attached hydrogen (secondary N) is 1. The van der Waals surface area contributed by atoms with Crippen molar-refractivity contribution in [3.63, 3.8) is 0 Å². The van der Waals surface area contributed by atoms with E-state index < -0.39 is 12.0 Å². The Hall–Kier alpha value is -0.850. The van der Waals surface area contributed by atoms with Gasteiger partial charge in [0.2, 0.25) is 5.91 Å². The minimum Gasteiger partial charge on any atom is -0.480 e. The first-order valence-corrected chi connectivity index (χ1v) is 9.29. The van der Waals surface area contributed by atoms with E-state index in [-0.39, 0.29) is 11.7 Å². The molecule has 1 rings (SSSR count). The monoisotopic (exact) mass is 347 g/mol. The molecule has 0 saturated heterocycles. The zero-order valence-corrected chi connectivity index (χ0v) is 14.1. The van der Waals surface area contributed by atoms with Crippen molar-refractivity contribution in [2.24, 2.45) is 0 Å². The van der Waals surface area contributed by atoms with Crippen LogP contribution < -0.4 is 5.32 Å². The lowest BCUT2D eigenvalue weighted by molar-refractivity contribution is -0.141. The van der Waals surface area contributed by atoms with Crippen LogP contribution in [0.4, 0.5) is 0 Å². The Labute approximate surface area is 138 Å². The summed E-state index contributed by atoms with van der Waals surface area (Å²) < 4.78 is 0. The first-order chi connectivity index (χ1) is 10.0. The Balaban J connectivity index is 2.34. The highest BCUT2D eigenvalue weighted by atomic mass is 35.5. The summed E-state index contributed by atoms with van der Waals surface area (Å²) in [6.45, 7) is 0. The van der Waals surface area contributed by atoms with Gasteiger partial charge < -0.3 is 10.4 Å². The fraction of sp³-hybridized carbons (Fsp3) is 0.429. The zero-order chi connectivity index (χ0) is 15.7. The molecule has 0 fully saturated rings. The molecule has 0 aliphatic carbocycles. The van der Waals surface area contributed by atoms with Gasteiger partial charge >= 0.3 is 5.97 Å². The molecule has 0 spiro atoms. The van der Waals surface area contributed by atoms with Crippen LogP contribution >= 0.6 is 35.1 Å². The molecule has 0 aliphatic heterocycles. The van der Waals surface area contributed by atoms with Crippen LogP contribution in [0, 0.1) is 0 Å². The smallest absolute Gasteiger partial charge is 0.326 e. The number of aliphatic carboxylic acids is 1. The summed E-state index contributed by atoms with van der Waals surface area (Å²) in [5.74, 6) is 0.353. The van der Waals surface area contributed by atoms with E-state index in [2.05, 4.69) is 5.32 Å². The summed E-state index contributed by atoms with van der Waals surface area (Å²) in [6, 6.07) is 6.64. The lowest BCUT2D eigenvalue weighted by atomic mass is 10.2. The van der Waals surface area contributed by atoms with Gasteiger partial charge in [0.25, 0.3) is 0 Å². The molecule has 0 radical (unpaired) electrons. The van der Waals surface area contributed by atoms with Crippen molar-refractivity contribution in [1.29, 1.82) is 0 Å². The van der Waals surface area contributed by atoms with E-state index in [0.29, 0.717) is 22.9 Å². The van der Waals surface area contributed by atoms with Gasteiger partial charge in [0.1, 0.15) is 6.04 Å². The summed E-state index contributed by atoms with van der Waals surface area (Å²) in [4.78, 5) is 22.8. The lowest BCUT2D eigenvalue weighted by Crippen LogP contribution is -2.42. The van der Waals surface area contributed by atoms with E-state index >= 15 is 0 Å². The number of thioether (sulfide) groups is 2. The van der Waals surface area contributed by atoms with Gasteiger partial charge in [-0.25, -0.2) is 4.79 Å². The van der Waals surface area contributed by atoms with Crippen LogP contribution in [-0.4, -0.2) is 40.8 Å². The summed E-state index contributed by atoms with van der Waals surface area (Å²) in [5.41, 5.74) is 1.04. The Kier molecular flexibility index (Phi) is 8.64. The summed E-state index contributed by atoms with van der Waals surface area (Å²) in [7, 11) is 0. The van der Waals surface area contributed by atoms with Crippen LogP contribution in [0.1, 0.15) is 12.0 Å². The largest absolute Gasteiger partial charge is 0.480 e. The van der Waals surface area contributed by atoms with E-state index in [4.69, 9.17) is 16.7 Å². The maximum Gasteiger partial charge on any atom is 0.326 e. The lowest BCUT2D eigenvalue weighted by Gasteiger charge is -2.13. The Morgan fingerprint density at radius 1 is 1.43 bits per heavy atom. The maximum atomic E-state index is 11.8. The van der Waals surface area contributed by atoms with E-state index in [9.17, 15) is 9.59 Å². The number of hydrogen-bond acceptors (Lipinski definition) is 4. The van der Waals surface area contributed by atoms with Gasteiger partial charge in [0, 0.05) is 10.8 Å². The molecule has 0 bridgehead atoms. The number of carbonyl (C=O) groups is 2. The predicted octanol–water partition coefficient (Wildman–Crippen LogP) is 2.90. The molecule has 0 heterocycles. The highest BCUT2D eigenvalue weighted by molar-refractivity contribution is 7.99. The average Bonchev–Trinajstić information content (AvgIpc) is 2.43. The molecule has 21 heavy (non-hydrogen) atoms. The predicted molar refractivity (Wildman–Crippen MR) is 90.2 cm³/mol. The molecule has 1 aromatic rings. The van der Waals surface area contributed by atoms with Crippen LogP contribution in [0.3, 0.4) is 0 Å². The highest BCUT2D eigenvalue weighted by Crippen LogP contribution is 2.16. The second-order valence-electron chi connectivity index (χ2n) is 4.36. The van der Waals surface area contributed by atoms with Gasteiger partial charge in [0.15, 0.2) is 0 Å². The third-order valence-electron chi connectivity index (χ3n) is 2.63. The number of carbonyl (C=O) groups excluding carboxylic acids is 1. The van der Waals surface area contributed by atoms with Crippen molar-refractivity contribution < 1.29 is 14.7 Å². The molecule has 2 N–H and O–H groups in total. The van der Waals surface area contributed by atoms with Crippen LogP contribution in [0.5, 0.6) is 0 Å². The average molecular weight is 348 g/mol. The van der Waals surface area contributed by atoms with Crippen LogP contribution in [0.2, 0.25) is 5.02 Å². The van der Waals surface area contributed by atoms with Crippen LogP contribution in [0.15, 0.2) is 24.3 Å². The number of halogens is 1. The molecule has 0 unspecified atom stereocenters. The molecule has 1 aromatic carbocycles. The molecular weight excluding hydrogens is 330 g/mol. The minimum atomic E-state index is -0.989. The molecule has 0 saturated carbocycles. The Morgan fingerprint density at radius 3 is 2.81 bits per heavy atom. The molecule has 1 atom stereocenters. The summed E-state index contributed by atoms with van der Waals surface area (Å²) in [6.07, 6.45) is 2.34. The van der Waals surface area contributed by atoms with Crippen molar-refractivity contribution in [2.75, 3.05) is 17.8 Å². The van der Waals surface area contributed by atoms with Gasteiger partial charge in [-0.3, -0.25) is 4.79 Å². The standard InChI is InChI=1S/C14H18ClNO3S2/c1-20-6-5-12(14(18)19)16-13(17)9-21-8-10-3-2-4-11(15)7-10/h2-4,7,12H,5-6,8-9H2,1H3,(H,16,17)(H,18,19)/t12-/m1/s1. The summed E-state index contributed by atoms with van der Waals surface area (Å²) in [5, 5.41) is 12.3. The van der Waals surface area contributed by atoms with E-state index in [1.54, 1.807) is 17.8 Å². The first kappa shape index (κ1) is 18.2. The second-order valence-corrected chi connectivity index (χ2v) is 6.77. The second kappa shape index (κ2) is 9.97. The maximum absolute atomic E-state index is 11.8. The van der Waals surface area contributed by atoms with E-state index in [1.807, 2.05) is 24.5 Å². The van der Waals surface area contributed by atoms with Crippen LogP contribution in [-0.2, 0) is 15.3 Å². The topological polar surface area (TPSA) is 66.4 Å². The molecule has 1 amide bonds. The van der Waals surface area contributed by atoms with E-state index in [1.165, 1.54) is 11.8 Å². The van der Waals surface area contributed by atoms with Gasteiger partial charge in [-0.1, -0.05) is 23.7 Å².